The van der Waals surface area contributed by atoms with Crippen molar-refractivity contribution in [2.24, 2.45) is 5.73 Å². The van der Waals surface area contributed by atoms with Gasteiger partial charge in [-0.3, -0.25) is 4.90 Å². The quantitative estimate of drug-likeness (QED) is 0.494. The standard InChI is InChI=1S/C9H20N2/c1-5-6-7-8(2)11(4)9(3)10/h5-6,8-9H,7,10H2,1-4H3. The molecular weight excluding hydrogens is 136 g/mol. The zero-order valence-corrected chi connectivity index (χ0v) is 8.04. The second-order valence-corrected chi connectivity index (χ2v) is 3.06. The zero-order valence-electron chi connectivity index (χ0n) is 8.04. The van der Waals surface area contributed by atoms with E-state index in [-0.39, 0.29) is 6.17 Å². The van der Waals surface area contributed by atoms with Crippen LogP contribution in [0, 0.1) is 0 Å². The van der Waals surface area contributed by atoms with Crippen molar-refractivity contribution in [2.45, 2.75) is 39.4 Å². The maximum atomic E-state index is 5.71. The molecule has 2 nitrogen and oxygen atoms in total. The minimum absolute atomic E-state index is 0.148. The smallest absolute Gasteiger partial charge is 0.0542 e. The van der Waals surface area contributed by atoms with Crippen LogP contribution < -0.4 is 5.73 Å². The molecule has 0 heterocycles. The molecule has 0 radical (unpaired) electrons. The van der Waals surface area contributed by atoms with Crippen LogP contribution in [-0.4, -0.2) is 24.2 Å². The fraction of sp³-hybridized carbons (Fsp3) is 0.778. The van der Waals surface area contributed by atoms with Crippen LogP contribution in [0.1, 0.15) is 27.2 Å². The Labute approximate surface area is 70.1 Å². The highest BCUT2D eigenvalue weighted by atomic mass is 15.2. The Morgan fingerprint density at radius 2 is 2.00 bits per heavy atom. The molecule has 0 fully saturated rings. The predicted octanol–water partition coefficient (Wildman–Crippen LogP) is 1.58. The van der Waals surface area contributed by atoms with Crippen molar-refractivity contribution < 1.29 is 0 Å². The normalized spacial score (nSPS) is 17.6. The summed E-state index contributed by atoms with van der Waals surface area (Å²) < 4.78 is 0. The molecule has 0 rings (SSSR count). The van der Waals surface area contributed by atoms with Crippen LogP contribution >= 0.6 is 0 Å². The largest absolute Gasteiger partial charge is 0.316 e. The molecular formula is C9H20N2. The van der Waals surface area contributed by atoms with E-state index in [4.69, 9.17) is 5.73 Å². The van der Waals surface area contributed by atoms with E-state index in [1.54, 1.807) is 0 Å². The summed E-state index contributed by atoms with van der Waals surface area (Å²) in [7, 11) is 2.05. The predicted molar refractivity (Wildman–Crippen MR) is 50.3 cm³/mol. The second-order valence-electron chi connectivity index (χ2n) is 3.06. The third-order valence-electron chi connectivity index (χ3n) is 2.05. The maximum absolute atomic E-state index is 5.71. The third-order valence-corrected chi connectivity index (χ3v) is 2.05. The summed E-state index contributed by atoms with van der Waals surface area (Å²) in [6.45, 7) is 6.23. The second kappa shape index (κ2) is 5.33. The summed E-state index contributed by atoms with van der Waals surface area (Å²) in [5.74, 6) is 0. The first-order valence-electron chi connectivity index (χ1n) is 4.18. The molecule has 2 unspecified atom stereocenters. The van der Waals surface area contributed by atoms with Gasteiger partial charge in [-0.2, -0.15) is 0 Å². The third kappa shape index (κ3) is 4.17. The monoisotopic (exact) mass is 156 g/mol. The lowest BCUT2D eigenvalue weighted by Gasteiger charge is -2.27. The van der Waals surface area contributed by atoms with Gasteiger partial charge >= 0.3 is 0 Å². The van der Waals surface area contributed by atoms with Crippen LogP contribution in [0.3, 0.4) is 0 Å². The molecule has 66 valence electrons. The SMILES string of the molecule is CC=CCC(C)N(C)C(C)N. The molecule has 0 saturated heterocycles. The molecule has 0 bridgehead atoms. The highest BCUT2D eigenvalue weighted by molar-refractivity contribution is 4.82. The van der Waals surface area contributed by atoms with Gasteiger partial charge in [-0.25, -0.2) is 0 Å². The number of allylic oxidation sites excluding steroid dienone is 1. The summed E-state index contributed by atoms with van der Waals surface area (Å²) in [4.78, 5) is 2.17. The summed E-state index contributed by atoms with van der Waals surface area (Å²) in [5.41, 5.74) is 5.71. The van der Waals surface area contributed by atoms with Gasteiger partial charge in [0.25, 0.3) is 0 Å². The summed E-state index contributed by atoms with van der Waals surface area (Å²) in [6, 6.07) is 0.534. The van der Waals surface area contributed by atoms with E-state index in [0.717, 1.165) is 6.42 Å². The molecule has 2 atom stereocenters. The highest BCUT2D eigenvalue weighted by Crippen LogP contribution is 2.03. The van der Waals surface area contributed by atoms with Gasteiger partial charge in [-0.1, -0.05) is 12.2 Å². The molecule has 0 aliphatic rings. The topological polar surface area (TPSA) is 29.3 Å². The summed E-state index contributed by atoms with van der Waals surface area (Å²) in [5, 5.41) is 0. The molecule has 2 heteroatoms. The molecule has 0 aliphatic heterocycles. The molecule has 0 aromatic carbocycles. The van der Waals surface area contributed by atoms with E-state index in [1.807, 2.05) is 13.8 Å². The fourth-order valence-electron chi connectivity index (χ4n) is 0.901. The molecule has 11 heavy (non-hydrogen) atoms. The van der Waals surface area contributed by atoms with Crippen LogP contribution in [0.25, 0.3) is 0 Å². The molecule has 0 amide bonds. The van der Waals surface area contributed by atoms with Gasteiger partial charge in [-0.15, -0.1) is 0 Å². The number of nitrogens with two attached hydrogens (primary N) is 1. The van der Waals surface area contributed by atoms with E-state index in [0.29, 0.717) is 6.04 Å². The first-order valence-corrected chi connectivity index (χ1v) is 4.18. The lowest BCUT2D eigenvalue weighted by Crippen LogP contribution is -2.41. The van der Waals surface area contributed by atoms with E-state index in [2.05, 4.69) is 31.0 Å². The Morgan fingerprint density at radius 1 is 1.45 bits per heavy atom. The number of rotatable bonds is 4. The zero-order chi connectivity index (χ0) is 8.85. The van der Waals surface area contributed by atoms with Gasteiger partial charge < -0.3 is 5.73 Å². The lowest BCUT2D eigenvalue weighted by atomic mass is 10.2. The van der Waals surface area contributed by atoms with E-state index in [1.165, 1.54) is 0 Å². The summed E-state index contributed by atoms with van der Waals surface area (Å²) in [6.07, 6.45) is 5.47. The van der Waals surface area contributed by atoms with E-state index in [9.17, 15) is 0 Å². The van der Waals surface area contributed by atoms with Gasteiger partial charge in [0.05, 0.1) is 6.17 Å². The van der Waals surface area contributed by atoms with Gasteiger partial charge in [0, 0.05) is 6.04 Å². The number of hydrogen-bond acceptors (Lipinski definition) is 2. The fourth-order valence-corrected chi connectivity index (χ4v) is 0.901. The molecule has 2 N–H and O–H groups in total. The average molecular weight is 156 g/mol. The van der Waals surface area contributed by atoms with Crippen molar-refractivity contribution in [1.82, 2.24) is 4.90 Å². The maximum Gasteiger partial charge on any atom is 0.0542 e. The Balaban J connectivity index is 3.72. The molecule has 0 spiro atoms. The van der Waals surface area contributed by atoms with Crippen molar-refractivity contribution in [3.8, 4) is 0 Å². The Hall–Kier alpha value is -0.340. The molecule has 0 saturated carbocycles. The van der Waals surface area contributed by atoms with E-state index < -0.39 is 0 Å². The molecule has 0 aromatic rings. The Kier molecular flexibility index (Phi) is 5.16. The minimum atomic E-state index is 0.148. The Bertz CT molecular complexity index is 119. The van der Waals surface area contributed by atoms with Crippen molar-refractivity contribution >= 4 is 0 Å². The van der Waals surface area contributed by atoms with Crippen LogP contribution in [0.15, 0.2) is 12.2 Å². The molecule has 0 aliphatic carbocycles. The highest BCUT2D eigenvalue weighted by Gasteiger charge is 2.09. The number of hydrogen-bond donors (Lipinski definition) is 1. The summed E-state index contributed by atoms with van der Waals surface area (Å²) >= 11 is 0. The number of nitrogens with zero attached hydrogens (tertiary/aromatic N) is 1. The van der Waals surface area contributed by atoms with Crippen molar-refractivity contribution in [2.75, 3.05) is 7.05 Å². The first kappa shape index (κ1) is 10.7. The van der Waals surface area contributed by atoms with E-state index >= 15 is 0 Å². The van der Waals surface area contributed by atoms with Gasteiger partial charge in [-0.05, 0) is 34.2 Å². The lowest BCUT2D eigenvalue weighted by molar-refractivity contribution is 0.201. The first-order chi connectivity index (χ1) is 5.09. The van der Waals surface area contributed by atoms with Gasteiger partial charge in [0.15, 0.2) is 0 Å². The average Bonchev–Trinajstić information content (AvgIpc) is 1.98. The van der Waals surface area contributed by atoms with Crippen LogP contribution in [-0.2, 0) is 0 Å². The van der Waals surface area contributed by atoms with Crippen LogP contribution in [0.5, 0.6) is 0 Å². The minimum Gasteiger partial charge on any atom is -0.316 e. The molecule has 0 aromatic heterocycles. The van der Waals surface area contributed by atoms with Gasteiger partial charge in [0.1, 0.15) is 0 Å². The van der Waals surface area contributed by atoms with Crippen molar-refractivity contribution in [3.05, 3.63) is 12.2 Å². The van der Waals surface area contributed by atoms with Crippen molar-refractivity contribution in [3.63, 3.8) is 0 Å². The van der Waals surface area contributed by atoms with Crippen molar-refractivity contribution in [1.29, 1.82) is 0 Å². The van der Waals surface area contributed by atoms with Crippen LogP contribution in [0.2, 0.25) is 0 Å². The Morgan fingerprint density at radius 3 is 2.36 bits per heavy atom. The van der Waals surface area contributed by atoms with Crippen LogP contribution in [0.4, 0.5) is 0 Å². The van der Waals surface area contributed by atoms with Gasteiger partial charge in [0.2, 0.25) is 0 Å².